The first kappa shape index (κ1) is 15.9. The van der Waals surface area contributed by atoms with Crippen LogP contribution in [0.5, 0.6) is 0 Å². The molecule has 0 aliphatic carbocycles. The van der Waals surface area contributed by atoms with E-state index in [4.69, 9.17) is 0 Å². The van der Waals surface area contributed by atoms with Gasteiger partial charge >= 0.3 is 0 Å². The van der Waals surface area contributed by atoms with Gasteiger partial charge in [0, 0.05) is 43.3 Å². The predicted octanol–water partition coefficient (Wildman–Crippen LogP) is 2.52. The number of H-pyrrole nitrogens is 1. The van der Waals surface area contributed by atoms with E-state index in [0.29, 0.717) is 34.6 Å². The molecular formula is C17H18N6OS. The molecule has 0 saturated carbocycles. The fourth-order valence-corrected chi connectivity index (χ4v) is 4.17. The maximum Gasteiger partial charge on any atom is 0.265 e. The Labute approximate surface area is 149 Å². The first-order valence-corrected chi connectivity index (χ1v) is 9.13. The summed E-state index contributed by atoms with van der Waals surface area (Å²) >= 11 is 1.38. The van der Waals surface area contributed by atoms with Crippen LogP contribution >= 0.6 is 11.3 Å². The standard InChI is InChI=1S/C17H18N6OS/c1-2-12-14(25-16(21-12)15-18-6-3-7-19-15)17(24)23-9-5-11(10-23)13-4-8-20-22-13/h3-4,6-8,11H,2,5,9-10H2,1H3,(H,20,22). The van der Waals surface area contributed by atoms with Gasteiger partial charge in [0.2, 0.25) is 0 Å². The molecule has 4 rings (SSSR count). The fourth-order valence-electron chi connectivity index (χ4n) is 3.10. The number of likely N-dealkylation sites (tertiary alicyclic amines) is 1. The highest BCUT2D eigenvalue weighted by Crippen LogP contribution is 2.31. The quantitative estimate of drug-likeness (QED) is 0.778. The van der Waals surface area contributed by atoms with Crippen LogP contribution in [0.4, 0.5) is 0 Å². The molecule has 3 aromatic rings. The zero-order valence-corrected chi connectivity index (χ0v) is 14.7. The maximum atomic E-state index is 13.0. The lowest BCUT2D eigenvalue weighted by molar-refractivity contribution is 0.0794. The van der Waals surface area contributed by atoms with E-state index in [-0.39, 0.29) is 5.91 Å². The summed E-state index contributed by atoms with van der Waals surface area (Å²) in [7, 11) is 0. The zero-order chi connectivity index (χ0) is 17.2. The fraction of sp³-hybridized carbons (Fsp3) is 0.353. The number of aryl methyl sites for hydroxylation is 1. The highest BCUT2D eigenvalue weighted by atomic mass is 32.1. The van der Waals surface area contributed by atoms with Gasteiger partial charge in [-0.15, -0.1) is 11.3 Å². The van der Waals surface area contributed by atoms with Crippen molar-refractivity contribution in [2.24, 2.45) is 0 Å². The lowest BCUT2D eigenvalue weighted by Gasteiger charge is -2.15. The molecule has 1 atom stereocenters. The topological polar surface area (TPSA) is 87.7 Å². The predicted molar refractivity (Wildman–Crippen MR) is 94.4 cm³/mol. The molecule has 0 spiro atoms. The largest absolute Gasteiger partial charge is 0.337 e. The van der Waals surface area contributed by atoms with Crippen LogP contribution in [-0.2, 0) is 6.42 Å². The number of carbonyl (C=O) groups excluding carboxylic acids is 1. The van der Waals surface area contributed by atoms with Gasteiger partial charge in [0.1, 0.15) is 4.88 Å². The van der Waals surface area contributed by atoms with Gasteiger partial charge in [-0.1, -0.05) is 6.92 Å². The van der Waals surface area contributed by atoms with E-state index in [1.54, 1.807) is 24.7 Å². The monoisotopic (exact) mass is 354 g/mol. The highest BCUT2D eigenvalue weighted by Gasteiger charge is 2.31. The molecule has 1 aliphatic rings. The summed E-state index contributed by atoms with van der Waals surface area (Å²) in [6.45, 7) is 3.47. The first-order chi connectivity index (χ1) is 12.3. The summed E-state index contributed by atoms with van der Waals surface area (Å²) in [5.41, 5.74) is 1.91. The molecular weight excluding hydrogens is 336 g/mol. The Morgan fingerprint density at radius 3 is 2.92 bits per heavy atom. The average molecular weight is 354 g/mol. The molecule has 1 unspecified atom stereocenters. The van der Waals surface area contributed by atoms with Gasteiger partial charge in [0.05, 0.1) is 5.69 Å². The lowest BCUT2D eigenvalue weighted by Crippen LogP contribution is -2.28. The molecule has 8 heteroatoms. The van der Waals surface area contributed by atoms with Gasteiger partial charge in [0.15, 0.2) is 10.8 Å². The van der Waals surface area contributed by atoms with E-state index in [1.807, 2.05) is 17.9 Å². The number of aromatic nitrogens is 5. The van der Waals surface area contributed by atoms with Crippen molar-refractivity contribution in [1.29, 1.82) is 0 Å². The van der Waals surface area contributed by atoms with E-state index < -0.39 is 0 Å². The third-order valence-electron chi connectivity index (χ3n) is 4.42. The number of rotatable bonds is 4. The number of thiazole rings is 1. The van der Waals surface area contributed by atoms with Gasteiger partial charge in [0.25, 0.3) is 5.91 Å². The van der Waals surface area contributed by atoms with Crippen molar-refractivity contribution in [2.75, 3.05) is 13.1 Å². The molecule has 0 aromatic carbocycles. The van der Waals surface area contributed by atoms with Crippen LogP contribution in [-0.4, -0.2) is 49.0 Å². The number of carbonyl (C=O) groups is 1. The Hall–Kier alpha value is -2.61. The molecule has 1 N–H and O–H groups in total. The second kappa shape index (κ2) is 6.72. The van der Waals surface area contributed by atoms with Crippen LogP contribution < -0.4 is 0 Å². The molecule has 128 valence electrons. The molecule has 3 aromatic heterocycles. The zero-order valence-electron chi connectivity index (χ0n) is 13.8. The second-order valence-corrected chi connectivity index (χ2v) is 6.97. The second-order valence-electron chi connectivity index (χ2n) is 5.97. The summed E-state index contributed by atoms with van der Waals surface area (Å²) in [4.78, 5) is 28.7. The minimum atomic E-state index is 0.0542. The lowest BCUT2D eigenvalue weighted by atomic mass is 10.1. The summed E-state index contributed by atoms with van der Waals surface area (Å²) in [6.07, 6.45) is 6.79. The molecule has 7 nitrogen and oxygen atoms in total. The summed E-state index contributed by atoms with van der Waals surface area (Å²) in [5.74, 6) is 0.943. The number of hydrogen-bond donors (Lipinski definition) is 1. The van der Waals surface area contributed by atoms with Crippen molar-refractivity contribution in [3.8, 4) is 10.8 Å². The molecule has 0 radical (unpaired) electrons. The van der Waals surface area contributed by atoms with Gasteiger partial charge in [-0.3, -0.25) is 9.89 Å². The van der Waals surface area contributed by atoms with Crippen molar-refractivity contribution in [1.82, 2.24) is 30.0 Å². The molecule has 1 saturated heterocycles. The number of nitrogens with one attached hydrogen (secondary N) is 1. The Balaban J connectivity index is 1.57. The van der Waals surface area contributed by atoms with Gasteiger partial charge in [-0.25, -0.2) is 15.0 Å². The smallest absolute Gasteiger partial charge is 0.265 e. The van der Waals surface area contributed by atoms with E-state index >= 15 is 0 Å². The van der Waals surface area contributed by atoms with E-state index in [1.165, 1.54) is 11.3 Å². The van der Waals surface area contributed by atoms with Crippen molar-refractivity contribution in [2.45, 2.75) is 25.7 Å². The molecule has 25 heavy (non-hydrogen) atoms. The van der Waals surface area contributed by atoms with E-state index in [2.05, 4.69) is 25.1 Å². The third-order valence-corrected chi connectivity index (χ3v) is 5.50. The van der Waals surface area contributed by atoms with Crippen molar-refractivity contribution in [3.05, 3.63) is 47.0 Å². The van der Waals surface area contributed by atoms with Crippen LogP contribution in [0.25, 0.3) is 10.8 Å². The Morgan fingerprint density at radius 1 is 1.36 bits per heavy atom. The summed E-state index contributed by atoms with van der Waals surface area (Å²) in [5, 5.41) is 7.72. The van der Waals surface area contributed by atoms with Crippen LogP contribution in [0.15, 0.2) is 30.7 Å². The van der Waals surface area contributed by atoms with Crippen LogP contribution in [0, 0.1) is 0 Å². The normalized spacial score (nSPS) is 17.2. The Morgan fingerprint density at radius 2 is 2.20 bits per heavy atom. The molecule has 4 heterocycles. The number of amides is 1. The number of aromatic amines is 1. The minimum Gasteiger partial charge on any atom is -0.337 e. The van der Waals surface area contributed by atoms with Gasteiger partial charge in [-0.05, 0) is 25.0 Å². The highest BCUT2D eigenvalue weighted by molar-refractivity contribution is 7.17. The molecule has 0 bridgehead atoms. The van der Waals surface area contributed by atoms with Gasteiger partial charge < -0.3 is 4.90 Å². The molecule has 1 amide bonds. The van der Waals surface area contributed by atoms with E-state index in [0.717, 1.165) is 24.4 Å². The average Bonchev–Trinajstić information content (AvgIpc) is 3.41. The minimum absolute atomic E-state index is 0.0542. The van der Waals surface area contributed by atoms with Crippen molar-refractivity contribution >= 4 is 17.2 Å². The van der Waals surface area contributed by atoms with Crippen LogP contribution in [0.1, 0.15) is 40.3 Å². The molecule has 1 aliphatic heterocycles. The number of hydrogen-bond acceptors (Lipinski definition) is 6. The van der Waals surface area contributed by atoms with Crippen molar-refractivity contribution in [3.63, 3.8) is 0 Å². The van der Waals surface area contributed by atoms with Gasteiger partial charge in [-0.2, -0.15) is 5.10 Å². The Kier molecular flexibility index (Phi) is 4.27. The SMILES string of the molecule is CCc1nc(-c2ncccn2)sc1C(=O)N1CCC(c2ccn[nH]2)C1. The maximum absolute atomic E-state index is 13.0. The molecule has 1 fully saturated rings. The third kappa shape index (κ3) is 3.05. The summed E-state index contributed by atoms with van der Waals surface area (Å²) in [6, 6.07) is 3.75. The van der Waals surface area contributed by atoms with Crippen molar-refractivity contribution < 1.29 is 4.79 Å². The van der Waals surface area contributed by atoms with Crippen LogP contribution in [0.2, 0.25) is 0 Å². The Bertz CT molecular complexity index is 861. The first-order valence-electron chi connectivity index (χ1n) is 8.32. The summed E-state index contributed by atoms with van der Waals surface area (Å²) < 4.78 is 0. The van der Waals surface area contributed by atoms with Crippen LogP contribution in [0.3, 0.4) is 0 Å². The number of nitrogens with zero attached hydrogens (tertiary/aromatic N) is 5. The van der Waals surface area contributed by atoms with E-state index in [9.17, 15) is 4.79 Å².